The summed E-state index contributed by atoms with van der Waals surface area (Å²) in [4.78, 5) is 13.9. The average molecular weight is 271 g/mol. The van der Waals surface area contributed by atoms with E-state index in [0.717, 1.165) is 0 Å². The van der Waals surface area contributed by atoms with Crippen molar-refractivity contribution in [1.82, 2.24) is 4.90 Å². The molecule has 1 atom stereocenters. The van der Waals surface area contributed by atoms with Gasteiger partial charge >= 0.3 is 0 Å². The number of ether oxygens (including phenoxy) is 1. The van der Waals surface area contributed by atoms with Crippen molar-refractivity contribution in [3.8, 4) is 0 Å². The lowest BCUT2D eigenvalue weighted by molar-refractivity contribution is -0.138. The first-order valence-electron chi connectivity index (χ1n) is 7.18. The monoisotopic (exact) mass is 271 g/mol. The van der Waals surface area contributed by atoms with Gasteiger partial charge in [-0.15, -0.1) is 0 Å². The molecule has 0 aromatic heterocycles. The molecule has 19 heavy (non-hydrogen) atoms. The molecule has 1 N–H and O–H groups in total. The average Bonchev–Trinajstić information content (AvgIpc) is 2.27. The second-order valence-corrected chi connectivity index (χ2v) is 7.06. The largest absolute Gasteiger partial charge is 0.388 e. The molecule has 1 aliphatic heterocycles. The standard InChI is InChI=1S/C15H29NO3/c1-12(14(2,3)4)10-13(17)16(5)11-15(18)6-8-19-9-7-15/h12,18H,6-11H2,1-5H3. The van der Waals surface area contributed by atoms with Crippen molar-refractivity contribution in [3.05, 3.63) is 0 Å². The van der Waals surface area contributed by atoms with Crippen molar-refractivity contribution in [1.29, 1.82) is 0 Å². The number of hydrogen-bond acceptors (Lipinski definition) is 3. The molecule has 1 heterocycles. The molecule has 1 rings (SSSR count). The highest BCUT2D eigenvalue weighted by atomic mass is 16.5. The smallest absolute Gasteiger partial charge is 0.222 e. The van der Waals surface area contributed by atoms with Gasteiger partial charge in [0, 0.05) is 46.1 Å². The number of nitrogens with zero attached hydrogens (tertiary/aromatic N) is 1. The quantitative estimate of drug-likeness (QED) is 0.851. The molecular weight excluding hydrogens is 242 g/mol. The highest BCUT2D eigenvalue weighted by Gasteiger charge is 2.33. The minimum absolute atomic E-state index is 0.113. The molecule has 1 fully saturated rings. The minimum Gasteiger partial charge on any atom is -0.388 e. The van der Waals surface area contributed by atoms with Gasteiger partial charge in [-0.1, -0.05) is 27.7 Å². The fourth-order valence-corrected chi connectivity index (χ4v) is 2.16. The first-order chi connectivity index (χ1) is 8.64. The van der Waals surface area contributed by atoms with E-state index in [2.05, 4.69) is 27.7 Å². The maximum atomic E-state index is 12.2. The Bertz CT molecular complexity index is 303. The Morgan fingerprint density at radius 2 is 1.89 bits per heavy atom. The van der Waals surface area contributed by atoms with E-state index in [1.807, 2.05) is 0 Å². The number of aliphatic hydroxyl groups is 1. The van der Waals surface area contributed by atoms with Crippen LogP contribution in [-0.4, -0.2) is 48.3 Å². The number of hydrogen-bond donors (Lipinski definition) is 1. The van der Waals surface area contributed by atoms with Crippen LogP contribution in [0.25, 0.3) is 0 Å². The van der Waals surface area contributed by atoms with E-state index in [1.54, 1.807) is 11.9 Å². The van der Waals surface area contributed by atoms with E-state index in [-0.39, 0.29) is 11.3 Å². The zero-order valence-corrected chi connectivity index (χ0v) is 13.0. The molecule has 4 heteroatoms. The third kappa shape index (κ3) is 5.11. The lowest BCUT2D eigenvalue weighted by Crippen LogP contribution is -2.47. The highest BCUT2D eigenvalue weighted by molar-refractivity contribution is 5.76. The summed E-state index contributed by atoms with van der Waals surface area (Å²) in [6.07, 6.45) is 1.76. The van der Waals surface area contributed by atoms with Crippen LogP contribution in [0.2, 0.25) is 0 Å². The molecule has 112 valence electrons. The minimum atomic E-state index is -0.770. The van der Waals surface area contributed by atoms with E-state index in [9.17, 15) is 9.90 Å². The van der Waals surface area contributed by atoms with Crippen LogP contribution in [0.15, 0.2) is 0 Å². The second kappa shape index (κ2) is 6.23. The van der Waals surface area contributed by atoms with Gasteiger partial charge in [-0.05, 0) is 11.3 Å². The summed E-state index contributed by atoms with van der Waals surface area (Å²) < 4.78 is 5.25. The number of likely N-dealkylation sites (N-methyl/N-ethyl adjacent to an activating group) is 1. The first-order valence-corrected chi connectivity index (χ1v) is 7.18. The lowest BCUT2D eigenvalue weighted by Gasteiger charge is -2.36. The van der Waals surface area contributed by atoms with Gasteiger partial charge in [-0.3, -0.25) is 4.79 Å². The summed E-state index contributed by atoms with van der Waals surface area (Å²) in [5.41, 5.74) is -0.639. The van der Waals surface area contributed by atoms with Gasteiger partial charge in [-0.25, -0.2) is 0 Å². The molecule has 4 nitrogen and oxygen atoms in total. The molecule has 1 aliphatic rings. The Morgan fingerprint density at radius 3 is 2.37 bits per heavy atom. The fraction of sp³-hybridized carbons (Fsp3) is 0.933. The van der Waals surface area contributed by atoms with Gasteiger partial charge in [0.05, 0.1) is 5.60 Å². The second-order valence-electron chi connectivity index (χ2n) is 7.06. The van der Waals surface area contributed by atoms with Crippen LogP contribution in [0, 0.1) is 11.3 Å². The molecule has 1 amide bonds. The Hall–Kier alpha value is -0.610. The summed E-state index contributed by atoms with van der Waals surface area (Å²) in [6.45, 7) is 10.1. The summed E-state index contributed by atoms with van der Waals surface area (Å²) in [7, 11) is 1.78. The molecule has 0 bridgehead atoms. The molecule has 0 radical (unpaired) electrons. The Labute approximate surface area is 117 Å². The third-order valence-corrected chi connectivity index (χ3v) is 4.34. The third-order valence-electron chi connectivity index (χ3n) is 4.34. The highest BCUT2D eigenvalue weighted by Crippen LogP contribution is 2.29. The molecule has 0 aromatic rings. The molecule has 1 unspecified atom stereocenters. The number of rotatable bonds is 4. The van der Waals surface area contributed by atoms with Crippen LogP contribution in [0.4, 0.5) is 0 Å². The zero-order chi connectivity index (χ0) is 14.7. The number of carbonyl (C=O) groups excluding carboxylic acids is 1. The molecule has 0 spiro atoms. The summed E-state index contributed by atoms with van der Waals surface area (Å²) in [5.74, 6) is 0.439. The zero-order valence-electron chi connectivity index (χ0n) is 13.0. The van der Waals surface area contributed by atoms with Crippen LogP contribution in [0.5, 0.6) is 0 Å². The first kappa shape index (κ1) is 16.4. The summed E-state index contributed by atoms with van der Waals surface area (Å²) >= 11 is 0. The topological polar surface area (TPSA) is 49.8 Å². The van der Waals surface area contributed by atoms with E-state index in [4.69, 9.17) is 4.74 Å². The molecule has 0 aliphatic carbocycles. The van der Waals surface area contributed by atoms with Gasteiger partial charge in [0.25, 0.3) is 0 Å². The maximum absolute atomic E-state index is 12.2. The normalized spacial score (nSPS) is 20.9. The maximum Gasteiger partial charge on any atom is 0.222 e. The van der Waals surface area contributed by atoms with Crippen molar-refractivity contribution in [2.45, 2.75) is 52.6 Å². The van der Waals surface area contributed by atoms with Crippen molar-refractivity contribution in [2.75, 3.05) is 26.8 Å². The molecular formula is C15H29NO3. The van der Waals surface area contributed by atoms with Crippen molar-refractivity contribution < 1.29 is 14.6 Å². The molecule has 0 aromatic carbocycles. The molecule has 0 saturated carbocycles. The molecule has 1 saturated heterocycles. The van der Waals surface area contributed by atoms with Crippen LogP contribution in [0.3, 0.4) is 0 Å². The van der Waals surface area contributed by atoms with E-state index >= 15 is 0 Å². The SMILES string of the molecule is CC(CC(=O)N(C)CC1(O)CCOCC1)C(C)(C)C. The van der Waals surface area contributed by atoms with Gasteiger partial charge in [0.1, 0.15) is 0 Å². The van der Waals surface area contributed by atoms with Gasteiger partial charge in [0.2, 0.25) is 5.91 Å². The summed E-state index contributed by atoms with van der Waals surface area (Å²) in [6, 6.07) is 0. The lowest BCUT2D eigenvalue weighted by atomic mass is 9.80. The van der Waals surface area contributed by atoms with Crippen molar-refractivity contribution in [3.63, 3.8) is 0 Å². The van der Waals surface area contributed by atoms with Crippen LogP contribution < -0.4 is 0 Å². The van der Waals surface area contributed by atoms with E-state index in [1.165, 1.54) is 0 Å². The predicted molar refractivity (Wildman–Crippen MR) is 75.9 cm³/mol. The van der Waals surface area contributed by atoms with Crippen LogP contribution in [-0.2, 0) is 9.53 Å². The van der Waals surface area contributed by atoms with Gasteiger partial charge in [-0.2, -0.15) is 0 Å². The van der Waals surface area contributed by atoms with E-state index < -0.39 is 5.60 Å². The Balaban J connectivity index is 2.48. The Kier molecular flexibility index (Phi) is 5.39. The van der Waals surface area contributed by atoms with Crippen LogP contribution >= 0.6 is 0 Å². The summed E-state index contributed by atoms with van der Waals surface area (Å²) in [5, 5.41) is 10.4. The van der Waals surface area contributed by atoms with Gasteiger partial charge < -0.3 is 14.7 Å². The Morgan fingerprint density at radius 1 is 1.37 bits per heavy atom. The fourth-order valence-electron chi connectivity index (χ4n) is 2.16. The van der Waals surface area contributed by atoms with E-state index in [0.29, 0.717) is 44.9 Å². The van der Waals surface area contributed by atoms with Crippen molar-refractivity contribution >= 4 is 5.91 Å². The number of carbonyl (C=O) groups is 1. The number of amides is 1. The predicted octanol–water partition coefficient (Wildman–Crippen LogP) is 2.06. The van der Waals surface area contributed by atoms with Gasteiger partial charge in [0.15, 0.2) is 0 Å². The van der Waals surface area contributed by atoms with Crippen LogP contribution in [0.1, 0.15) is 47.0 Å². The van der Waals surface area contributed by atoms with Crippen molar-refractivity contribution in [2.24, 2.45) is 11.3 Å².